The molecular formula is C22H23ClN4O. The lowest BCUT2D eigenvalue weighted by atomic mass is 10.2. The third-order valence-electron chi connectivity index (χ3n) is 5.28. The maximum Gasteiger partial charge on any atom is 0.255 e. The Labute approximate surface area is 170 Å². The topological polar surface area (TPSA) is 41.4 Å². The number of halogens is 1. The molecule has 1 saturated heterocycles. The highest BCUT2D eigenvalue weighted by Crippen LogP contribution is 2.23. The number of amides is 1. The van der Waals surface area contributed by atoms with Gasteiger partial charge in [0.05, 0.1) is 10.6 Å². The van der Waals surface area contributed by atoms with E-state index in [1.165, 1.54) is 0 Å². The van der Waals surface area contributed by atoms with Crippen molar-refractivity contribution in [2.24, 2.45) is 0 Å². The van der Waals surface area contributed by atoms with Crippen LogP contribution in [0.5, 0.6) is 0 Å². The summed E-state index contributed by atoms with van der Waals surface area (Å²) >= 11 is 5.92. The summed E-state index contributed by atoms with van der Waals surface area (Å²) in [5, 5.41) is 0.631. The third-order valence-corrected chi connectivity index (χ3v) is 5.50. The lowest BCUT2D eigenvalue weighted by molar-refractivity contribution is 0.0746. The van der Waals surface area contributed by atoms with E-state index in [0.29, 0.717) is 18.1 Å². The first-order valence-corrected chi connectivity index (χ1v) is 9.82. The van der Waals surface area contributed by atoms with Crippen molar-refractivity contribution in [3.05, 3.63) is 76.7 Å². The standard InChI is InChI=1S/C22H23ClN4O/c1-16-14-20(17(2)27(16)19-6-4-3-5-7-19)22(28)26-12-10-25(11-13-26)21-9-8-18(23)15-24-21/h3-9,14-15H,10-13H2,1-2H3. The van der Waals surface area contributed by atoms with Crippen molar-refractivity contribution in [1.82, 2.24) is 14.5 Å². The largest absolute Gasteiger partial charge is 0.353 e. The fraction of sp³-hybridized carbons (Fsp3) is 0.273. The number of hydrogen-bond donors (Lipinski definition) is 0. The molecule has 0 spiro atoms. The van der Waals surface area contributed by atoms with Gasteiger partial charge in [-0.2, -0.15) is 0 Å². The second kappa shape index (κ2) is 7.68. The molecule has 0 unspecified atom stereocenters. The van der Waals surface area contributed by atoms with Crippen molar-refractivity contribution in [1.29, 1.82) is 0 Å². The maximum atomic E-state index is 13.2. The molecule has 2 aromatic heterocycles. The number of benzene rings is 1. The van der Waals surface area contributed by atoms with Gasteiger partial charge in [-0.1, -0.05) is 29.8 Å². The molecule has 1 fully saturated rings. The molecular weight excluding hydrogens is 372 g/mol. The molecule has 0 N–H and O–H groups in total. The van der Waals surface area contributed by atoms with E-state index >= 15 is 0 Å². The number of hydrogen-bond acceptors (Lipinski definition) is 3. The van der Waals surface area contributed by atoms with Crippen molar-refractivity contribution in [3.8, 4) is 5.69 Å². The van der Waals surface area contributed by atoms with Crippen LogP contribution >= 0.6 is 11.6 Å². The minimum Gasteiger partial charge on any atom is -0.353 e. The van der Waals surface area contributed by atoms with E-state index in [2.05, 4.69) is 26.6 Å². The summed E-state index contributed by atoms with van der Waals surface area (Å²) in [5.41, 5.74) is 3.90. The Morgan fingerprint density at radius 1 is 1.00 bits per heavy atom. The van der Waals surface area contributed by atoms with Crippen LogP contribution in [-0.4, -0.2) is 46.5 Å². The second-order valence-electron chi connectivity index (χ2n) is 7.07. The number of carbonyl (C=O) groups is 1. The number of aryl methyl sites for hydroxylation is 1. The van der Waals surface area contributed by atoms with Gasteiger partial charge in [0.2, 0.25) is 0 Å². The number of aromatic nitrogens is 2. The molecule has 1 aliphatic heterocycles. The van der Waals surface area contributed by atoms with Gasteiger partial charge in [0.1, 0.15) is 5.82 Å². The lowest BCUT2D eigenvalue weighted by Crippen LogP contribution is -2.49. The van der Waals surface area contributed by atoms with Crippen LogP contribution in [-0.2, 0) is 0 Å². The van der Waals surface area contributed by atoms with Crippen LogP contribution in [0.15, 0.2) is 54.7 Å². The van der Waals surface area contributed by atoms with Crippen molar-refractivity contribution in [3.63, 3.8) is 0 Å². The number of anilines is 1. The number of carbonyl (C=O) groups excluding carboxylic acids is 1. The van der Waals surface area contributed by atoms with Gasteiger partial charge in [-0.05, 0) is 44.2 Å². The maximum absolute atomic E-state index is 13.2. The SMILES string of the molecule is Cc1cc(C(=O)N2CCN(c3ccc(Cl)cn3)CC2)c(C)n1-c1ccccc1. The van der Waals surface area contributed by atoms with Gasteiger partial charge < -0.3 is 14.4 Å². The zero-order valence-electron chi connectivity index (χ0n) is 16.1. The number of para-hydroxylation sites is 1. The molecule has 144 valence electrons. The Morgan fingerprint density at radius 2 is 1.71 bits per heavy atom. The van der Waals surface area contributed by atoms with Gasteiger partial charge in [-0.15, -0.1) is 0 Å². The average molecular weight is 395 g/mol. The molecule has 1 amide bonds. The number of rotatable bonds is 3. The minimum absolute atomic E-state index is 0.0963. The molecule has 0 saturated carbocycles. The van der Waals surface area contributed by atoms with Gasteiger partial charge >= 0.3 is 0 Å². The molecule has 0 aliphatic carbocycles. The Hall–Kier alpha value is -2.79. The first-order valence-electron chi connectivity index (χ1n) is 9.45. The summed E-state index contributed by atoms with van der Waals surface area (Å²) < 4.78 is 2.14. The van der Waals surface area contributed by atoms with Crippen LogP contribution in [0.3, 0.4) is 0 Å². The summed E-state index contributed by atoms with van der Waals surface area (Å²) in [6.07, 6.45) is 1.66. The Kier molecular flexibility index (Phi) is 5.09. The summed E-state index contributed by atoms with van der Waals surface area (Å²) in [5.74, 6) is 0.998. The zero-order chi connectivity index (χ0) is 19.7. The molecule has 0 bridgehead atoms. The summed E-state index contributed by atoms with van der Waals surface area (Å²) in [6.45, 7) is 6.94. The molecule has 5 nitrogen and oxygen atoms in total. The van der Waals surface area contributed by atoms with Crippen LogP contribution in [0.1, 0.15) is 21.7 Å². The molecule has 0 atom stereocenters. The van der Waals surface area contributed by atoms with Gasteiger partial charge in [0.15, 0.2) is 0 Å². The smallest absolute Gasteiger partial charge is 0.255 e. The zero-order valence-corrected chi connectivity index (χ0v) is 16.9. The number of pyridine rings is 1. The van der Waals surface area contributed by atoms with Crippen LogP contribution in [0.25, 0.3) is 5.69 Å². The predicted molar refractivity (Wildman–Crippen MR) is 113 cm³/mol. The summed E-state index contributed by atoms with van der Waals surface area (Å²) in [6, 6.07) is 15.9. The van der Waals surface area contributed by atoms with Gasteiger partial charge in [-0.3, -0.25) is 4.79 Å². The van der Waals surface area contributed by atoms with Crippen molar-refractivity contribution < 1.29 is 4.79 Å². The predicted octanol–water partition coefficient (Wildman–Crippen LogP) is 4.10. The Morgan fingerprint density at radius 3 is 2.36 bits per heavy atom. The molecule has 4 rings (SSSR count). The van der Waals surface area contributed by atoms with Crippen LogP contribution in [0.2, 0.25) is 5.02 Å². The summed E-state index contributed by atoms with van der Waals surface area (Å²) in [4.78, 5) is 21.7. The number of nitrogens with zero attached hydrogens (tertiary/aromatic N) is 4. The Balaban J connectivity index is 1.50. The normalized spacial score (nSPS) is 14.4. The van der Waals surface area contributed by atoms with E-state index in [1.54, 1.807) is 6.20 Å². The highest BCUT2D eigenvalue weighted by molar-refractivity contribution is 6.30. The van der Waals surface area contributed by atoms with E-state index in [1.807, 2.05) is 55.1 Å². The van der Waals surface area contributed by atoms with Crippen LogP contribution < -0.4 is 4.90 Å². The molecule has 1 aromatic carbocycles. The monoisotopic (exact) mass is 394 g/mol. The van der Waals surface area contributed by atoms with E-state index < -0.39 is 0 Å². The fourth-order valence-corrected chi connectivity index (χ4v) is 3.93. The minimum atomic E-state index is 0.0963. The molecule has 0 radical (unpaired) electrons. The van der Waals surface area contributed by atoms with Crippen molar-refractivity contribution >= 4 is 23.3 Å². The van der Waals surface area contributed by atoms with Crippen molar-refractivity contribution in [2.75, 3.05) is 31.1 Å². The van der Waals surface area contributed by atoms with Gasteiger partial charge in [-0.25, -0.2) is 4.98 Å². The second-order valence-corrected chi connectivity index (χ2v) is 7.51. The van der Waals surface area contributed by atoms with E-state index in [0.717, 1.165) is 41.5 Å². The van der Waals surface area contributed by atoms with Crippen molar-refractivity contribution in [2.45, 2.75) is 13.8 Å². The van der Waals surface area contributed by atoms with Crippen LogP contribution in [0, 0.1) is 13.8 Å². The van der Waals surface area contributed by atoms with E-state index in [-0.39, 0.29) is 5.91 Å². The molecule has 3 heterocycles. The first kappa shape index (κ1) is 18.6. The highest BCUT2D eigenvalue weighted by Gasteiger charge is 2.26. The molecule has 1 aliphatic rings. The first-order chi connectivity index (χ1) is 13.5. The number of piperazine rings is 1. The molecule has 28 heavy (non-hydrogen) atoms. The van der Waals surface area contributed by atoms with E-state index in [4.69, 9.17) is 11.6 Å². The molecule has 6 heteroatoms. The molecule has 3 aromatic rings. The average Bonchev–Trinajstić information content (AvgIpc) is 3.03. The van der Waals surface area contributed by atoms with Crippen LogP contribution in [0.4, 0.5) is 5.82 Å². The lowest BCUT2D eigenvalue weighted by Gasteiger charge is -2.35. The Bertz CT molecular complexity index is 974. The van der Waals surface area contributed by atoms with E-state index in [9.17, 15) is 4.79 Å². The van der Waals surface area contributed by atoms with Gasteiger partial charge in [0.25, 0.3) is 5.91 Å². The summed E-state index contributed by atoms with van der Waals surface area (Å²) in [7, 11) is 0. The highest BCUT2D eigenvalue weighted by atomic mass is 35.5. The quantitative estimate of drug-likeness (QED) is 0.671. The van der Waals surface area contributed by atoms with Gasteiger partial charge in [0, 0.05) is 49.5 Å². The third kappa shape index (κ3) is 3.50. The fourth-order valence-electron chi connectivity index (χ4n) is 3.82.